The quantitative estimate of drug-likeness (QED) is 0.797. The molecule has 0 aliphatic heterocycles. The molecule has 3 heteroatoms. The Kier molecular flexibility index (Phi) is 2.74. The molecule has 1 aromatic carbocycles. The molecule has 0 saturated heterocycles. The second-order valence-electron chi connectivity index (χ2n) is 4.29. The van der Waals surface area contributed by atoms with E-state index >= 15 is 0 Å². The molecular formula is C12H15F2N. The molecule has 0 heterocycles. The van der Waals surface area contributed by atoms with E-state index in [1.165, 1.54) is 12.1 Å². The van der Waals surface area contributed by atoms with Gasteiger partial charge in [0.15, 0.2) is 0 Å². The number of hydrogen-bond acceptors (Lipinski definition) is 1. The summed E-state index contributed by atoms with van der Waals surface area (Å²) in [6.07, 6.45) is 1.79. The lowest BCUT2D eigenvalue weighted by Gasteiger charge is -2.24. The lowest BCUT2D eigenvalue weighted by Crippen LogP contribution is -2.32. The zero-order valence-electron chi connectivity index (χ0n) is 8.55. The Morgan fingerprint density at radius 3 is 2.07 bits per heavy atom. The Hall–Kier alpha value is -0.960. The molecule has 0 spiro atoms. The maximum atomic E-state index is 12.3. The van der Waals surface area contributed by atoms with Crippen LogP contribution in [-0.4, -0.2) is 0 Å². The maximum absolute atomic E-state index is 12.3. The van der Waals surface area contributed by atoms with E-state index in [0.717, 1.165) is 31.2 Å². The summed E-state index contributed by atoms with van der Waals surface area (Å²) in [4.78, 5) is 0. The smallest absolute Gasteiger partial charge is 0.263 e. The number of nitrogens with two attached hydrogens (primary N) is 1. The van der Waals surface area contributed by atoms with Gasteiger partial charge in [-0.3, -0.25) is 0 Å². The fourth-order valence-electron chi connectivity index (χ4n) is 2.26. The Labute approximate surface area is 88.3 Å². The molecule has 0 amide bonds. The molecule has 2 N–H and O–H groups in total. The molecule has 0 radical (unpaired) electrons. The molecule has 15 heavy (non-hydrogen) atoms. The van der Waals surface area contributed by atoms with Crippen molar-refractivity contribution in [1.29, 1.82) is 0 Å². The Balaban J connectivity index is 2.23. The van der Waals surface area contributed by atoms with Crippen molar-refractivity contribution in [3.05, 3.63) is 35.4 Å². The first-order chi connectivity index (χ1) is 7.12. The highest BCUT2D eigenvalue weighted by Gasteiger charge is 2.30. The highest BCUT2D eigenvalue weighted by molar-refractivity contribution is 5.29. The number of rotatable bonds is 2. The van der Waals surface area contributed by atoms with E-state index in [4.69, 9.17) is 5.73 Å². The van der Waals surface area contributed by atoms with Crippen LogP contribution in [0.25, 0.3) is 0 Å². The third kappa shape index (κ3) is 2.02. The fraction of sp³-hybridized carbons (Fsp3) is 0.500. The van der Waals surface area contributed by atoms with E-state index < -0.39 is 6.43 Å². The molecule has 1 aromatic rings. The minimum atomic E-state index is -2.39. The van der Waals surface area contributed by atoms with Crippen molar-refractivity contribution in [3.63, 3.8) is 0 Å². The highest BCUT2D eigenvalue weighted by Crippen LogP contribution is 2.36. The molecule has 1 aliphatic rings. The third-order valence-electron chi connectivity index (χ3n) is 3.23. The molecule has 0 unspecified atom stereocenters. The average molecular weight is 211 g/mol. The first-order valence-corrected chi connectivity index (χ1v) is 5.29. The van der Waals surface area contributed by atoms with Gasteiger partial charge in [0.2, 0.25) is 0 Å². The van der Waals surface area contributed by atoms with Crippen LogP contribution in [0, 0.1) is 0 Å². The first kappa shape index (κ1) is 10.6. The molecule has 0 atom stereocenters. The summed E-state index contributed by atoms with van der Waals surface area (Å²) in [6, 6.07) is 6.44. The maximum Gasteiger partial charge on any atom is 0.263 e. The van der Waals surface area contributed by atoms with Crippen molar-refractivity contribution in [3.8, 4) is 0 Å². The highest BCUT2D eigenvalue weighted by atomic mass is 19.3. The van der Waals surface area contributed by atoms with Crippen LogP contribution in [0.2, 0.25) is 0 Å². The molecular weight excluding hydrogens is 196 g/mol. The summed E-state index contributed by atoms with van der Waals surface area (Å²) >= 11 is 0. The van der Waals surface area contributed by atoms with Crippen LogP contribution in [0.4, 0.5) is 8.78 Å². The SMILES string of the molecule is NC1(c2ccc(C(F)F)cc2)CCCC1. The molecule has 82 valence electrons. The Morgan fingerprint density at radius 1 is 1.07 bits per heavy atom. The normalized spacial score (nSPS) is 19.7. The van der Waals surface area contributed by atoms with E-state index in [0.29, 0.717) is 0 Å². The Morgan fingerprint density at radius 2 is 1.60 bits per heavy atom. The minimum Gasteiger partial charge on any atom is -0.321 e. The molecule has 0 bridgehead atoms. The van der Waals surface area contributed by atoms with Crippen LogP contribution in [-0.2, 0) is 5.54 Å². The van der Waals surface area contributed by atoms with Gasteiger partial charge in [-0.2, -0.15) is 0 Å². The summed E-state index contributed by atoms with van der Waals surface area (Å²) in [5.41, 5.74) is 7.00. The van der Waals surface area contributed by atoms with Crippen molar-refractivity contribution in [2.24, 2.45) is 5.73 Å². The molecule has 1 aliphatic carbocycles. The second kappa shape index (κ2) is 3.89. The molecule has 1 nitrogen and oxygen atoms in total. The van der Waals surface area contributed by atoms with Crippen molar-refractivity contribution >= 4 is 0 Å². The van der Waals surface area contributed by atoms with Crippen molar-refractivity contribution in [2.45, 2.75) is 37.6 Å². The van der Waals surface area contributed by atoms with E-state index in [2.05, 4.69) is 0 Å². The van der Waals surface area contributed by atoms with Crippen molar-refractivity contribution in [2.75, 3.05) is 0 Å². The number of alkyl halides is 2. The lowest BCUT2D eigenvalue weighted by atomic mass is 9.89. The topological polar surface area (TPSA) is 26.0 Å². The van der Waals surface area contributed by atoms with Crippen LogP contribution < -0.4 is 5.73 Å². The number of halogens is 2. The van der Waals surface area contributed by atoms with Gasteiger partial charge in [-0.1, -0.05) is 37.1 Å². The third-order valence-corrected chi connectivity index (χ3v) is 3.23. The standard InChI is InChI=1S/C12H15F2N/c13-11(14)9-3-5-10(6-4-9)12(15)7-1-2-8-12/h3-6,11H,1-2,7-8,15H2. The summed E-state index contributed by atoms with van der Waals surface area (Å²) in [7, 11) is 0. The van der Waals surface area contributed by atoms with Gasteiger partial charge >= 0.3 is 0 Å². The van der Waals surface area contributed by atoms with Crippen molar-refractivity contribution < 1.29 is 8.78 Å². The summed E-state index contributed by atoms with van der Waals surface area (Å²) < 4.78 is 24.7. The first-order valence-electron chi connectivity index (χ1n) is 5.29. The van der Waals surface area contributed by atoms with E-state index in [1.54, 1.807) is 12.1 Å². The van der Waals surface area contributed by atoms with E-state index in [-0.39, 0.29) is 11.1 Å². The van der Waals surface area contributed by atoms with E-state index in [9.17, 15) is 8.78 Å². The zero-order valence-corrected chi connectivity index (χ0v) is 8.55. The molecule has 2 rings (SSSR count). The van der Waals surface area contributed by atoms with Gasteiger partial charge in [0.05, 0.1) is 0 Å². The lowest BCUT2D eigenvalue weighted by molar-refractivity contribution is 0.151. The second-order valence-corrected chi connectivity index (χ2v) is 4.29. The van der Waals surface area contributed by atoms with Crippen molar-refractivity contribution in [1.82, 2.24) is 0 Å². The van der Waals surface area contributed by atoms with Gasteiger partial charge < -0.3 is 5.73 Å². The molecule has 1 fully saturated rings. The number of hydrogen-bond donors (Lipinski definition) is 1. The average Bonchev–Trinajstić information content (AvgIpc) is 2.67. The Bertz CT molecular complexity index is 326. The fourth-order valence-corrected chi connectivity index (χ4v) is 2.26. The van der Waals surface area contributed by atoms with Crippen LogP contribution in [0.3, 0.4) is 0 Å². The van der Waals surface area contributed by atoms with E-state index in [1.807, 2.05) is 0 Å². The molecule has 1 saturated carbocycles. The van der Waals surface area contributed by atoms with Crippen LogP contribution in [0.5, 0.6) is 0 Å². The summed E-state index contributed by atoms with van der Waals surface area (Å²) in [5, 5.41) is 0. The largest absolute Gasteiger partial charge is 0.321 e. The minimum absolute atomic E-state index is 0.0698. The van der Waals surface area contributed by atoms with Gasteiger partial charge in [-0.05, 0) is 18.4 Å². The predicted molar refractivity (Wildman–Crippen MR) is 55.7 cm³/mol. The number of benzene rings is 1. The van der Waals surface area contributed by atoms with Gasteiger partial charge in [-0.15, -0.1) is 0 Å². The predicted octanol–water partition coefficient (Wildman–Crippen LogP) is 3.35. The van der Waals surface area contributed by atoms with Gasteiger partial charge in [-0.25, -0.2) is 8.78 Å². The zero-order chi connectivity index (χ0) is 10.9. The van der Waals surface area contributed by atoms with Crippen LogP contribution in [0.1, 0.15) is 43.2 Å². The summed E-state index contributed by atoms with van der Waals surface area (Å²) in [5.74, 6) is 0. The van der Waals surface area contributed by atoms with Gasteiger partial charge in [0.25, 0.3) is 6.43 Å². The monoisotopic (exact) mass is 211 g/mol. The molecule has 0 aromatic heterocycles. The van der Waals surface area contributed by atoms with Gasteiger partial charge in [0.1, 0.15) is 0 Å². The van der Waals surface area contributed by atoms with Crippen LogP contribution >= 0.6 is 0 Å². The van der Waals surface area contributed by atoms with Gasteiger partial charge in [0, 0.05) is 11.1 Å². The summed E-state index contributed by atoms with van der Waals surface area (Å²) in [6.45, 7) is 0. The van der Waals surface area contributed by atoms with Crippen LogP contribution in [0.15, 0.2) is 24.3 Å².